The molecular weight excluding hydrogens is 492 g/mol. The van der Waals surface area contributed by atoms with Crippen LogP contribution in [0.5, 0.6) is 5.75 Å². The minimum atomic E-state index is -0.337. The number of ether oxygens (including phenoxy) is 1. The predicted molar refractivity (Wildman–Crippen MR) is 102 cm³/mol. The number of halogens is 3. The molecule has 4 nitrogen and oxygen atoms in total. The molecule has 23 heavy (non-hydrogen) atoms. The lowest BCUT2D eigenvalue weighted by Gasteiger charge is -2.10. The van der Waals surface area contributed by atoms with Crippen LogP contribution in [0.3, 0.4) is 0 Å². The summed E-state index contributed by atoms with van der Waals surface area (Å²) in [7, 11) is 0. The van der Waals surface area contributed by atoms with Gasteiger partial charge in [-0.25, -0.2) is 5.43 Å². The molecule has 0 saturated heterocycles. The first kappa shape index (κ1) is 18.2. The zero-order valence-corrected chi connectivity index (χ0v) is 16.9. The molecule has 0 bridgehead atoms. The minimum absolute atomic E-state index is 0.129. The van der Waals surface area contributed by atoms with Crippen molar-refractivity contribution in [3.8, 4) is 5.75 Å². The Labute approximate surface area is 159 Å². The molecule has 1 N–H and O–H groups in total. The number of benzene rings is 2. The molecule has 120 valence electrons. The number of carbonyl (C=O) groups excluding carboxylic acids is 1. The van der Waals surface area contributed by atoms with Crippen molar-refractivity contribution in [2.45, 2.75) is 6.92 Å². The Morgan fingerprint density at radius 2 is 1.91 bits per heavy atom. The molecule has 0 aliphatic rings. The molecule has 0 aromatic heterocycles. The van der Waals surface area contributed by atoms with Crippen molar-refractivity contribution in [2.75, 3.05) is 6.61 Å². The summed E-state index contributed by atoms with van der Waals surface area (Å²) in [5.74, 6) is 0.248. The fraction of sp³-hybridized carbons (Fsp3) is 0.125. The number of hydrogen-bond donors (Lipinski definition) is 1. The molecule has 0 saturated carbocycles. The summed E-state index contributed by atoms with van der Waals surface area (Å²) < 4.78 is 8.04. The van der Waals surface area contributed by atoms with Crippen LogP contribution in [-0.2, 0) is 4.79 Å². The monoisotopic (exact) mass is 502 g/mol. The molecule has 7 heteroatoms. The fourth-order valence-electron chi connectivity index (χ4n) is 1.76. The summed E-state index contributed by atoms with van der Waals surface area (Å²) in [5, 5.41) is 3.91. The number of rotatable bonds is 5. The van der Waals surface area contributed by atoms with E-state index in [9.17, 15) is 4.79 Å². The third kappa shape index (κ3) is 5.75. The second kappa shape index (κ2) is 8.61. The van der Waals surface area contributed by atoms with Crippen LogP contribution in [-0.4, -0.2) is 18.7 Å². The van der Waals surface area contributed by atoms with E-state index in [0.717, 1.165) is 24.5 Å². The van der Waals surface area contributed by atoms with Gasteiger partial charge in [-0.05, 0) is 74.2 Å². The van der Waals surface area contributed by atoms with Crippen molar-refractivity contribution in [1.29, 1.82) is 0 Å². The van der Waals surface area contributed by atoms with Gasteiger partial charge in [0.25, 0.3) is 5.91 Å². The number of amides is 1. The molecule has 0 aliphatic heterocycles. The minimum Gasteiger partial charge on any atom is -0.481 e. The Morgan fingerprint density at radius 3 is 2.57 bits per heavy atom. The van der Waals surface area contributed by atoms with E-state index in [2.05, 4.69) is 58.3 Å². The van der Waals surface area contributed by atoms with E-state index in [1.54, 1.807) is 6.21 Å². The molecule has 1 amide bonds. The lowest BCUT2D eigenvalue weighted by atomic mass is 10.2. The standard InChI is InChI=1S/C16H13Br3N2O2/c1-10-5-13(18)16(14(19)6-10)23-9-15(22)21-20-8-11-3-2-4-12(17)7-11/h2-8H,9H2,1H3,(H,21,22)/b20-8-. The maximum atomic E-state index is 11.8. The van der Waals surface area contributed by atoms with E-state index in [0.29, 0.717) is 5.75 Å². The van der Waals surface area contributed by atoms with E-state index in [1.807, 2.05) is 43.3 Å². The van der Waals surface area contributed by atoms with Crippen LogP contribution in [0.25, 0.3) is 0 Å². The average Bonchev–Trinajstić information content (AvgIpc) is 2.46. The average molecular weight is 505 g/mol. The first-order valence-corrected chi connectivity index (χ1v) is 8.99. The Morgan fingerprint density at radius 1 is 1.22 bits per heavy atom. The van der Waals surface area contributed by atoms with Crippen LogP contribution in [0, 0.1) is 6.92 Å². The highest BCUT2D eigenvalue weighted by atomic mass is 79.9. The van der Waals surface area contributed by atoms with E-state index < -0.39 is 0 Å². The fourth-order valence-corrected chi connectivity index (χ4v) is 3.82. The Balaban J connectivity index is 1.88. The van der Waals surface area contributed by atoms with E-state index in [1.165, 1.54) is 0 Å². The van der Waals surface area contributed by atoms with Crippen LogP contribution >= 0.6 is 47.8 Å². The number of hydrazone groups is 1. The maximum absolute atomic E-state index is 11.8. The zero-order chi connectivity index (χ0) is 16.8. The zero-order valence-electron chi connectivity index (χ0n) is 12.1. The van der Waals surface area contributed by atoms with Gasteiger partial charge < -0.3 is 4.74 Å². The molecule has 0 atom stereocenters. The summed E-state index contributed by atoms with van der Waals surface area (Å²) >= 11 is 10.2. The van der Waals surface area contributed by atoms with Gasteiger partial charge in [-0.3, -0.25) is 4.79 Å². The number of nitrogens with zero attached hydrogens (tertiary/aromatic N) is 1. The molecule has 0 unspecified atom stereocenters. The van der Waals surface area contributed by atoms with E-state index in [4.69, 9.17) is 4.74 Å². The van der Waals surface area contributed by atoms with Gasteiger partial charge in [0, 0.05) is 4.47 Å². The molecular formula is C16H13Br3N2O2. The van der Waals surface area contributed by atoms with Crippen LogP contribution in [0.15, 0.2) is 54.9 Å². The molecule has 0 radical (unpaired) electrons. The third-order valence-corrected chi connectivity index (χ3v) is 4.41. The molecule has 2 aromatic carbocycles. The van der Waals surface area contributed by atoms with Gasteiger partial charge in [-0.15, -0.1) is 0 Å². The number of hydrogen-bond acceptors (Lipinski definition) is 3. The molecule has 0 aliphatic carbocycles. The van der Waals surface area contributed by atoms with Crippen molar-refractivity contribution in [2.24, 2.45) is 5.10 Å². The summed E-state index contributed by atoms with van der Waals surface area (Å²) in [6.07, 6.45) is 1.57. The van der Waals surface area contributed by atoms with Gasteiger partial charge in [0.1, 0.15) is 5.75 Å². The van der Waals surface area contributed by atoms with Crippen LogP contribution in [0.4, 0.5) is 0 Å². The van der Waals surface area contributed by atoms with Crippen LogP contribution in [0.1, 0.15) is 11.1 Å². The van der Waals surface area contributed by atoms with Crippen molar-refractivity contribution < 1.29 is 9.53 Å². The second-order valence-corrected chi connectivity index (χ2v) is 7.32. The summed E-state index contributed by atoms with van der Waals surface area (Å²) in [6, 6.07) is 11.4. The molecule has 2 rings (SSSR count). The van der Waals surface area contributed by atoms with Crippen molar-refractivity contribution in [1.82, 2.24) is 5.43 Å². The first-order valence-electron chi connectivity index (χ1n) is 6.61. The van der Waals surface area contributed by atoms with E-state index in [-0.39, 0.29) is 12.5 Å². The Hall–Kier alpha value is -1.18. The summed E-state index contributed by atoms with van der Waals surface area (Å²) in [6.45, 7) is 1.85. The lowest BCUT2D eigenvalue weighted by Crippen LogP contribution is -2.24. The van der Waals surface area contributed by atoms with Crippen LogP contribution in [0.2, 0.25) is 0 Å². The van der Waals surface area contributed by atoms with Crippen molar-refractivity contribution >= 4 is 59.9 Å². The van der Waals surface area contributed by atoms with Gasteiger partial charge in [0.15, 0.2) is 6.61 Å². The maximum Gasteiger partial charge on any atom is 0.277 e. The van der Waals surface area contributed by atoms with E-state index >= 15 is 0 Å². The van der Waals surface area contributed by atoms with Crippen LogP contribution < -0.4 is 10.2 Å². The first-order chi connectivity index (χ1) is 11.0. The number of nitrogens with one attached hydrogen (secondary N) is 1. The Bertz CT molecular complexity index is 725. The number of aryl methyl sites for hydroxylation is 1. The molecule has 0 fully saturated rings. The summed E-state index contributed by atoms with van der Waals surface area (Å²) in [5.41, 5.74) is 4.39. The van der Waals surface area contributed by atoms with Crippen molar-refractivity contribution in [3.63, 3.8) is 0 Å². The molecule has 2 aromatic rings. The SMILES string of the molecule is Cc1cc(Br)c(OCC(=O)N/N=C\c2cccc(Br)c2)c(Br)c1. The largest absolute Gasteiger partial charge is 0.481 e. The van der Waals surface area contributed by atoms with Gasteiger partial charge in [0.2, 0.25) is 0 Å². The van der Waals surface area contributed by atoms with Gasteiger partial charge in [-0.1, -0.05) is 28.1 Å². The number of carbonyl (C=O) groups is 1. The predicted octanol–water partition coefficient (Wildman–Crippen LogP) is 4.81. The highest BCUT2D eigenvalue weighted by Crippen LogP contribution is 2.34. The lowest BCUT2D eigenvalue weighted by molar-refractivity contribution is -0.123. The van der Waals surface area contributed by atoms with Gasteiger partial charge in [0.05, 0.1) is 15.2 Å². The Kier molecular flexibility index (Phi) is 6.80. The molecule has 0 heterocycles. The summed E-state index contributed by atoms with van der Waals surface area (Å²) in [4.78, 5) is 11.8. The smallest absolute Gasteiger partial charge is 0.277 e. The molecule has 0 spiro atoms. The topological polar surface area (TPSA) is 50.7 Å². The second-order valence-electron chi connectivity index (χ2n) is 4.69. The highest BCUT2D eigenvalue weighted by Gasteiger charge is 2.09. The van der Waals surface area contributed by atoms with Crippen molar-refractivity contribution in [3.05, 3.63) is 60.9 Å². The van der Waals surface area contributed by atoms with Gasteiger partial charge in [-0.2, -0.15) is 5.10 Å². The normalized spacial score (nSPS) is 10.8. The quantitative estimate of drug-likeness (QED) is 0.469. The third-order valence-electron chi connectivity index (χ3n) is 2.74. The highest BCUT2D eigenvalue weighted by molar-refractivity contribution is 9.11. The van der Waals surface area contributed by atoms with Gasteiger partial charge >= 0.3 is 0 Å².